The van der Waals surface area contributed by atoms with E-state index < -0.39 is 30.8 Å². The Bertz CT molecular complexity index is 346. The topological polar surface area (TPSA) is 52.7 Å². The number of rotatable bonds is 5. The van der Waals surface area contributed by atoms with E-state index in [0.717, 1.165) is 0 Å². The van der Waals surface area contributed by atoms with Crippen LogP contribution in [-0.2, 0) is 9.59 Å². The Morgan fingerprint density at radius 3 is 2.32 bits per heavy atom. The Morgan fingerprint density at radius 2 is 1.89 bits per heavy atom. The zero-order chi connectivity index (χ0) is 14.6. The molecule has 0 aromatic rings. The Kier molecular flexibility index (Phi) is 5.22. The molecule has 1 fully saturated rings. The predicted octanol–water partition coefficient (Wildman–Crippen LogP) is 0.310. The van der Waals surface area contributed by atoms with Crippen LogP contribution in [0.1, 0.15) is 20.3 Å². The monoisotopic (exact) mass is 277 g/mol. The number of halogens is 2. The van der Waals surface area contributed by atoms with Crippen molar-refractivity contribution >= 4 is 11.8 Å². The summed E-state index contributed by atoms with van der Waals surface area (Å²) in [6.07, 6.45) is -0.504. The highest BCUT2D eigenvalue weighted by atomic mass is 19.3. The lowest BCUT2D eigenvalue weighted by Gasteiger charge is -2.25. The van der Waals surface area contributed by atoms with Gasteiger partial charge in [-0.2, -0.15) is 0 Å². The van der Waals surface area contributed by atoms with E-state index in [9.17, 15) is 18.4 Å². The molecule has 1 heterocycles. The number of likely N-dealkylation sites (N-methyl/N-ethyl adjacent to an activating group) is 2. The lowest BCUT2D eigenvalue weighted by Crippen LogP contribution is -2.46. The Hall–Kier alpha value is -1.24. The maximum Gasteiger partial charge on any atom is 0.262 e. The first-order valence-electron chi connectivity index (χ1n) is 6.44. The van der Waals surface area contributed by atoms with Gasteiger partial charge in [-0.1, -0.05) is 0 Å². The average Bonchev–Trinajstić information content (AvgIpc) is 2.70. The molecule has 19 heavy (non-hydrogen) atoms. The predicted molar refractivity (Wildman–Crippen MR) is 66.9 cm³/mol. The van der Waals surface area contributed by atoms with E-state index in [-0.39, 0.29) is 12.5 Å². The van der Waals surface area contributed by atoms with Gasteiger partial charge >= 0.3 is 0 Å². The first-order chi connectivity index (χ1) is 8.80. The van der Waals surface area contributed by atoms with Gasteiger partial charge in [-0.15, -0.1) is 0 Å². The first-order valence-corrected chi connectivity index (χ1v) is 6.44. The molecule has 0 bridgehead atoms. The van der Waals surface area contributed by atoms with E-state index in [1.54, 1.807) is 4.90 Å². The number of amides is 2. The molecule has 5 nitrogen and oxygen atoms in total. The van der Waals surface area contributed by atoms with Crippen LogP contribution in [0.25, 0.3) is 0 Å². The van der Waals surface area contributed by atoms with Crippen molar-refractivity contribution in [2.45, 2.75) is 32.2 Å². The first kappa shape index (κ1) is 15.8. The second-order valence-electron chi connectivity index (χ2n) is 4.75. The fourth-order valence-electron chi connectivity index (χ4n) is 2.11. The van der Waals surface area contributed by atoms with E-state index in [1.807, 2.05) is 13.8 Å². The van der Waals surface area contributed by atoms with Crippen LogP contribution < -0.4 is 5.32 Å². The minimum atomic E-state index is -2.84. The molecule has 7 heteroatoms. The van der Waals surface area contributed by atoms with Crippen LogP contribution >= 0.6 is 0 Å². The Morgan fingerprint density at radius 1 is 1.32 bits per heavy atom. The Balaban J connectivity index is 2.52. The molecule has 1 aliphatic rings. The van der Waals surface area contributed by atoms with Crippen molar-refractivity contribution in [1.29, 1.82) is 0 Å². The summed E-state index contributed by atoms with van der Waals surface area (Å²) in [5, 5.41) is 2.49. The highest BCUT2D eigenvalue weighted by Gasteiger charge is 2.43. The average molecular weight is 277 g/mol. The van der Waals surface area contributed by atoms with Gasteiger partial charge in [0, 0.05) is 26.6 Å². The van der Waals surface area contributed by atoms with Crippen LogP contribution in [0.4, 0.5) is 8.78 Å². The van der Waals surface area contributed by atoms with Gasteiger partial charge in [-0.05, 0) is 13.8 Å². The maximum atomic E-state index is 13.0. The zero-order valence-corrected chi connectivity index (χ0v) is 11.6. The molecular weight excluding hydrogens is 256 g/mol. The largest absolute Gasteiger partial charge is 0.342 e. The van der Waals surface area contributed by atoms with Gasteiger partial charge in [0.2, 0.25) is 11.8 Å². The number of carbonyl (C=O) groups is 2. The van der Waals surface area contributed by atoms with Crippen molar-refractivity contribution in [2.24, 2.45) is 0 Å². The van der Waals surface area contributed by atoms with Gasteiger partial charge in [0.25, 0.3) is 5.92 Å². The van der Waals surface area contributed by atoms with Crippen molar-refractivity contribution in [3.05, 3.63) is 0 Å². The number of alkyl halides is 2. The molecule has 0 aromatic carbocycles. The van der Waals surface area contributed by atoms with Crippen molar-refractivity contribution in [3.8, 4) is 0 Å². The molecule has 0 spiro atoms. The number of carbonyl (C=O) groups excluding carboxylic acids is 2. The van der Waals surface area contributed by atoms with Crippen LogP contribution in [0.5, 0.6) is 0 Å². The zero-order valence-electron chi connectivity index (χ0n) is 11.6. The fraction of sp³-hybridized carbons (Fsp3) is 0.833. The highest BCUT2D eigenvalue weighted by molar-refractivity contribution is 5.87. The fourth-order valence-corrected chi connectivity index (χ4v) is 2.11. The van der Waals surface area contributed by atoms with Crippen molar-refractivity contribution < 1.29 is 18.4 Å². The third-order valence-electron chi connectivity index (χ3n) is 3.27. The van der Waals surface area contributed by atoms with Gasteiger partial charge in [-0.25, -0.2) is 8.78 Å². The smallest absolute Gasteiger partial charge is 0.262 e. The lowest BCUT2D eigenvalue weighted by molar-refractivity contribution is -0.140. The highest BCUT2D eigenvalue weighted by Crippen LogP contribution is 2.25. The van der Waals surface area contributed by atoms with E-state index >= 15 is 0 Å². The minimum absolute atomic E-state index is 0.0791. The van der Waals surface area contributed by atoms with Crippen LogP contribution in [0.3, 0.4) is 0 Å². The van der Waals surface area contributed by atoms with E-state index in [1.165, 1.54) is 11.9 Å². The number of nitrogens with zero attached hydrogens (tertiary/aromatic N) is 2. The number of nitrogens with one attached hydrogen (secondary N) is 1. The van der Waals surface area contributed by atoms with Crippen LogP contribution in [0.2, 0.25) is 0 Å². The molecule has 110 valence electrons. The maximum absolute atomic E-state index is 13.0. The summed E-state index contributed by atoms with van der Waals surface area (Å²) in [5.41, 5.74) is 0. The molecular formula is C12H21F2N3O2. The summed E-state index contributed by atoms with van der Waals surface area (Å²) >= 11 is 0. The van der Waals surface area contributed by atoms with Crippen molar-refractivity contribution in [1.82, 2.24) is 15.1 Å². The van der Waals surface area contributed by atoms with Crippen LogP contribution in [0.15, 0.2) is 0 Å². The molecule has 0 aromatic heterocycles. The van der Waals surface area contributed by atoms with Crippen LogP contribution in [0, 0.1) is 0 Å². The van der Waals surface area contributed by atoms with Gasteiger partial charge in [-0.3, -0.25) is 14.9 Å². The molecule has 0 saturated carbocycles. The van der Waals surface area contributed by atoms with Crippen molar-refractivity contribution in [2.75, 3.05) is 33.2 Å². The Labute approximate surface area is 111 Å². The van der Waals surface area contributed by atoms with Crippen molar-refractivity contribution in [3.63, 3.8) is 0 Å². The summed E-state index contributed by atoms with van der Waals surface area (Å²) in [6, 6.07) is -0.899. The normalized spacial score (nSPS) is 21.2. The summed E-state index contributed by atoms with van der Waals surface area (Å²) in [6.45, 7) is 4.27. The summed E-state index contributed by atoms with van der Waals surface area (Å²) in [7, 11) is 1.46. The third-order valence-corrected chi connectivity index (χ3v) is 3.27. The molecule has 1 N–H and O–H groups in total. The summed E-state index contributed by atoms with van der Waals surface area (Å²) < 4.78 is 26.0. The molecule has 1 saturated heterocycles. The number of hydrogen-bond acceptors (Lipinski definition) is 3. The summed E-state index contributed by atoms with van der Waals surface area (Å²) in [5.74, 6) is -3.48. The molecule has 2 amide bonds. The molecule has 1 unspecified atom stereocenters. The van der Waals surface area contributed by atoms with Gasteiger partial charge in [0.15, 0.2) is 0 Å². The molecule has 1 rings (SSSR count). The van der Waals surface area contributed by atoms with Gasteiger partial charge in [0.1, 0.15) is 0 Å². The lowest BCUT2D eigenvalue weighted by atomic mass is 10.1. The molecule has 0 aliphatic carbocycles. The second-order valence-corrected chi connectivity index (χ2v) is 4.75. The van der Waals surface area contributed by atoms with E-state index in [0.29, 0.717) is 13.1 Å². The third kappa shape index (κ3) is 4.12. The van der Waals surface area contributed by atoms with E-state index in [4.69, 9.17) is 0 Å². The molecule has 1 atom stereocenters. The molecule has 1 aliphatic heterocycles. The van der Waals surface area contributed by atoms with E-state index in [2.05, 4.69) is 5.32 Å². The second kappa shape index (κ2) is 6.27. The SMILES string of the molecule is CCN(CC)C(=O)CN(C)C(=O)C1CC(F)(F)CN1. The van der Waals surface area contributed by atoms with Gasteiger partial charge < -0.3 is 9.80 Å². The summed E-state index contributed by atoms with van der Waals surface area (Å²) in [4.78, 5) is 26.6. The minimum Gasteiger partial charge on any atom is -0.342 e. The standard InChI is InChI=1S/C12H21F2N3O2/c1-4-17(5-2)10(18)7-16(3)11(19)9-6-12(13,14)8-15-9/h9,15H,4-8H2,1-3H3. The number of hydrogen-bond donors (Lipinski definition) is 1. The molecule has 0 radical (unpaired) electrons. The van der Waals surface area contributed by atoms with Gasteiger partial charge in [0.05, 0.1) is 19.1 Å². The van der Waals surface area contributed by atoms with Crippen LogP contribution in [-0.4, -0.2) is 66.8 Å². The quantitative estimate of drug-likeness (QED) is 0.787.